The summed E-state index contributed by atoms with van der Waals surface area (Å²) in [5.41, 5.74) is 0.343. The number of nitrogens with zero attached hydrogens (tertiary/aromatic N) is 3. The first kappa shape index (κ1) is 17.8. The van der Waals surface area contributed by atoms with Gasteiger partial charge in [0.25, 0.3) is 0 Å². The van der Waals surface area contributed by atoms with Gasteiger partial charge in [-0.2, -0.15) is 5.10 Å². The molecule has 0 N–H and O–H groups in total. The maximum absolute atomic E-state index is 12.3. The summed E-state index contributed by atoms with van der Waals surface area (Å²) in [6, 6.07) is 3.60. The Morgan fingerprint density at radius 1 is 1.30 bits per heavy atom. The lowest BCUT2D eigenvalue weighted by Gasteiger charge is -2.33. The molecule has 1 fully saturated rings. The van der Waals surface area contributed by atoms with Gasteiger partial charge in [0.05, 0.1) is 16.5 Å². The van der Waals surface area contributed by atoms with Crippen LogP contribution in [-0.4, -0.2) is 49.8 Å². The molecule has 0 aliphatic carbocycles. The Labute approximate surface area is 140 Å². The van der Waals surface area contributed by atoms with Crippen molar-refractivity contribution in [2.75, 3.05) is 18.8 Å². The van der Waals surface area contributed by atoms with Crippen LogP contribution in [0.4, 0.5) is 4.79 Å². The summed E-state index contributed by atoms with van der Waals surface area (Å²) in [5, 5.41) is 8.48. The van der Waals surface area contributed by atoms with Crippen LogP contribution in [0.1, 0.15) is 39.3 Å². The molecule has 2 rings (SSSR count). The number of ether oxygens (including phenoxy) is 1. The second kappa shape index (κ2) is 7.38. The molecule has 0 bridgehead atoms. The molecule has 1 aliphatic rings. The quantitative estimate of drug-likeness (QED) is 0.846. The Kier molecular flexibility index (Phi) is 5.73. The maximum Gasteiger partial charge on any atom is 0.410 e. The number of aryl methyl sites for hydroxylation is 1. The lowest BCUT2D eigenvalue weighted by molar-refractivity contribution is 0.0191. The first-order valence-electron chi connectivity index (χ1n) is 7.91. The van der Waals surface area contributed by atoms with Crippen molar-refractivity contribution in [3.63, 3.8) is 0 Å². The van der Waals surface area contributed by atoms with Crippen LogP contribution in [0, 0.1) is 12.8 Å². The zero-order valence-corrected chi connectivity index (χ0v) is 15.1. The molecule has 0 unspecified atom stereocenters. The summed E-state index contributed by atoms with van der Waals surface area (Å²) < 4.78 is 17.7. The highest BCUT2D eigenvalue weighted by Crippen LogP contribution is 2.21. The summed E-state index contributed by atoms with van der Waals surface area (Å²) in [5.74, 6) is 0.900. The summed E-state index contributed by atoms with van der Waals surface area (Å²) in [6.45, 7) is 8.75. The number of amides is 1. The topological polar surface area (TPSA) is 72.4 Å². The highest BCUT2D eigenvalue weighted by molar-refractivity contribution is 7.84. The number of aromatic nitrogens is 2. The van der Waals surface area contributed by atoms with Crippen LogP contribution in [0.3, 0.4) is 0 Å². The van der Waals surface area contributed by atoms with Crippen LogP contribution in [0.15, 0.2) is 17.2 Å². The normalized spacial score (nSPS) is 17.8. The van der Waals surface area contributed by atoms with Gasteiger partial charge < -0.3 is 9.64 Å². The van der Waals surface area contributed by atoms with Gasteiger partial charge in [0, 0.05) is 18.8 Å². The Hall–Kier alpha value is -1.50. The smallest absolute Gasteiger partial charge is 0.410 e. The first-order valence-corrected chi connectivity index (χ1v) is 9.23. The standard InChI is InChI=1S/C16H25N3O3S/c1-12-5-6-14(18-17-12)23(21)11-13-7-9-19(10-8-13)15(20)22-16(2,3)4/h5-6,13H,7-11H2,1-4H3/t23-/m1/s1. The number of piperidine rings is 1. The van der Waals surface area contributed by atoms with E-state index in [-0.39, 0.29) is 6.09 Å². The van der Waals surface area contributed by atoms with Crippen molar-refractivity contribution in [1.29, 1.82) is 0 Å². The Bertz CT molecular complexity index is 561. The largest absolute Gasteiger partial charge is 0.444 e. The van der Waals surface area contributed by atoms with Crippen molar-refractivity contribution in [1.82, 2.24) is 15.1 Å². The van der Waals surface area contributed by atoms with Gasteiger partial charge in [-0.15, -0.1) is 5.10 Å². The van der Waals surface area contributed by atoms with E-state index in [1.54, 1.807) is 11.0 Å². The molecule has 1 aliphatic heterocycles. The summed E-state index contributed by atoms with van der Waals surface area (Å²) >= 11 is 0. The van der Waals surface area contributed by atoms with Crippen LogP contribution >= 0.6 is 0 Å². The fraction of sp³-hybridized carbons (Fsp3) is 0.688. The number of rotatable bonds is 3. The van der Waals surface area contributed by atoms with E-state index < -0.39 is 16.4 Å². The average molecular weight is 339 g/mol. The number of carbonyl (C=O) groups excluding carboxylic acids is 1. The maximum atomic E-state index is 12.3. The van der Waals surface area contributed by atoms with Gasteiger partial charge >= 0.3 is 6.09 Å². The minimum absolute atomic E-state index is 0.263. The zero-order chi connectivity index (χ0) is 17.0. The van der Waals surface area contributed by atoms with Crippen molar-refractivity contribution in [3.8, 4) is 0 Å². The average Bonchev–Trinajstić information content (AvgIpc) is 2.46. The Balaban J connectivity index is 1.81. The number of hydrogen-bond acceptors (Lipinski definition) is 5. The molecule has 128 valence electrons. The third-order valence-corrected chi connectivity index (χ3v) is 5.12. The van der Waals surface area contributed by atoms with Crippen LogP contribution in [0.5, 0.6) is 0 Å². The molecular formula is C16H25N3O3S. The predicted molar refractivity (Wildman–Crippen MR) is 88.6 cm³/mol. The van der Waals surface area contributed by atoms with Crippen LogP contribution in [-0.2, 0) is 15.5 Å². The molecule has 0 radical (unpaired) electrons. The predicted octanol–water partition coefficient (Wildman–Crippen LogP) is 2.54. The van der Waals surface area contributed by atoms with Crippen LogP contribution in [0.2, 0.25) is 0 Å². The summed E-state index contributed by atoms with van der Waals surface area (Å²) in [4.78, 5) is 13.8. The third-order valence-electron chi connectivity index (χ3n) is 3.66. The molecule has 2 heterocycles. The monoisotopic (exact) mass is 339 g/mol. The van der Waals surface area contributed by atoms with Gasteiger partial charge in [0.2, 0.25) is 0 Å². The zero-order valence-electron chi connectivity index (χ0n) is 14.2. The number of hydrogen-bond donors (Lipinski definition) is 0. The molecule has 0 saturated carbocycles. The van der Waals surface area contributed by atoms with E-state index in [4.69, 9.17) is 4.74 Å². The molecule has 0 aromatic carbocycles. The van der Waals surface area contributed by atoms with E-state index in [9.17, 15) is 9.00 Å². The minimum Gasteiger partial charge on any atom is -0.444 e. The molecule has 6 nitrogen and oxygen atoms in total. The van der Waals surface area contributed by atoms with Crippen molar-refractivity contribution < 1.29 is 13.7 Å². The molecule has 1 aromatic heterocycles. The van der Waals surface area contributed by atoms with E-state index in [2.05, 4.69) is 10.2 Å². The van der Waals surface area contributed by atoms with E-state index in [0.717, 1.165) is 18.5 Å². The summed E-state index contributed by atoms with van der Waals surface area (Å²) in [7, 11) is -1.14. The Morgan fingerprint density at radius 3 is 2.48 bits per heavy atom. The highest BCUT2D eigenvalue weighted by atomic mass is 32.2. The minimum atomic E-state index is -1.14. The van der Waals surface area contributed by atoms with Gasteiger partial charge in [0.15, 0.2) is 0 Å². The molecule has 0 spiro atoms. The van der Waals surface area contributed by atoms with Crippen molar-refractivity contribution >= 4 is 16.9 Å². The first-order chi connectivity index (χ1) is 10.7. The van der Waals surface area contributed by atoms with Crippen LogP contribution in [0.25, 0.3) is 0 Å². The second-order valence-corrected chi connectivity index (χ2v) is 8.38. The molecular weight excluding hydrogens is 314 g/mol. The second-order valence-electron chi connectivity index (χ2n) is 6.94. The van der Waals surface area contributed by atoms with E-state index in [1.165, 1.54) is 0 Å². The third kappa shape index (κ3) is 5.57. The van der Waals surface area contributed by atoms with Crippen molar-refractivity contribution in [2.24, 2.45) is 5.92 Å². The molecule has 1 aromatic rings. The number of likely N-dealkylation sites (tertiary alicyclic amines) is 1. The molecule has 1 saturated heterocycles. The highest BCUT2D eigenvalue weighted by Gasteiger charge is 2.27. The Morgan fingerprint density at radius 2 is 1.96 bits per heavy atom. The summed E-state index contributed by atoms with van der Waals surface area (Å²) in [6.07, 6.45) is 1.41. The van der Waals surface area contributed by atoms with Gasteiger partial charge in [-0.25, -0.2) is 4.79 Å². The van der Waals surface area contributed by atoms with Crippen molar-refractivity contribution in [3.05, 3.63) is 17.8 Å². The van der Waals surface area contributed by atoms with Gasteiger partial charge in [0.1, 0.15) is 10.6 Å². The van der Waals surface area contributed by atoms with Gasteiger partial charge in [-0.05, 0) is 58.6 Å². The molecule has 1 amide bonds. The van der Waals surface area contributed by atoms with E-state index in [1.807, 2.05) is 33.8 Å². The van der Waals surface area contributed by atoms with E-state index in [0.29, 0.717) is 29.8 Å². The van der Waals surface area contributed by atoms with Gasteiger partial charge in [-0.1, -0.05) is 0 Å². The lowest BCUT2D eigenvalue weighted by Crippen LogP contribution is -2.42. The van der Waals surface area contributed by atoms with E-state index >= 15 is 0 Å². The SMILES string of the molecule is Cc1ccc([S@](=O)CC2CCN(C(=O)OC(C)(C)C)CC2)nn1. The molecule has 23 heavy (non-hydrogen) atoms. The van der Waals surface area contributed by atoms with Gasteiger partial charge in [-0.3, -0.25) is 4.21 Å². The fourth-order valence-corrected chi connectivity index (χ4v) is 3.70. The molecule has 7 heteroatoms. The van der Waals surface area contributed by atoms with Crippen LogP contribution < -0.4 is 0 Å². The number of carbonyl (C=O) groups is 1. The molecule has 1 atom stereocenters. The lowest BCUT2D eigenvalue weighted by atomic mass is 9.99. The van der Waals surface area contributed by atoms with Crippen molar-refractivity contribution in [2.45, 2.75) is 51.2 Å². The fourth-order valence-electron chi connectivity index (χ4n) is 2.42.